The van der Waals surface area contributed by atoms with Gasteiger partial charge in [0.15, 0.2) is 0 Å². The maximum absolute atomic E-state index is 14.4. The molecule has 3 aromatic heterocycles. The number of likely N-dealkylation sites (N-methyl/N-ethyl adjacent to an activating group) is 1. The maximum Gasteiger partial charge on any atom is 0.407 e. The summed E-state index contributed by atoms with van der Waals surface area (Å²) in [6, 6.07) is 11.4. The summed E-state index contributed by atoms with van der Waals surface area (Å²) in [6.45, 7) is 6.34. The molecule has 0 radical (unpaired) electrons. The van der Waals surface area contributed by atoms with Gasteiger partial charge in [-0.15, -0.1) is 11.3 Å². The molecular formula is C41H43ClF4N6O7S. The quantitative estimate of drug-likeness (QED) is 0.0549. The number of rotatable bonds is 17. The summed E-state index contributed by atoms with van der Waals surface area (Å²) < 4.78 is 82.2. The molecule has 320 valence electrons. The fourth-order valence-electron chi connectivity index (χ4n) is 6.47. The van der Waals surface area contributed by atoms with Gasteiger partial charge in [0.1, 0.15) is 54.3 Å². The second-order valence-electron chi connectivity index (χ2n) is 13.7. The lowest BCUT2D eigenvalue weighted by Gasteiger charge is -2.32. The fourth-order valence-corrected chi connectivity index (χ4v) is 7.80. The molecule has 1 saturated heterocycles. The minimum absolute atomic E-state index is 0.00956. The molecule has 2 aromatic carbocycles. The Labute approximate surface area is 352 Å². The molecule has 5 aromatic rings. The molecule has 0 spiro atoms. The first-order valence-corrected chi connectivity index (χ1v) is 20.0. The second-order valence-corrected chi connectivity index (χ2v) is 15.0. The van der Waals surface area contributed by atoms with Gasteiger partial charge in [0.05, 0.1) is 27.6 Å². The van der Waals surface area contributed by atoms with E-state index < -0.39 is 43.5 Å². The molecule has 2 atom stereocenters. The number of aliphatic hydroxyl groups excluding tert-OH is 1. The van der Waals surface area contributed by atoms with Crippen molar-refractivity contribution in [3.63, 3.8) is 0 Å². The molecule has 2 unspecified atom stereocenters. The number of carbonyl (C=O) groups is 1. The Morgan fingerprint density at radius 2 is 1.87 bits per heavy atom. The van der Waals surface area contributed by atoms with E-state index in [9.17, 15) is 27.5 Å². The summed E-state index contributed by atoms with van der Waals surface area (Å²) >= 11 is 8.12. The van der Waals surface area contributed by atoms with Crippen molar-refractivity contribution in [2.75, 3.05) is 66.1 Å². The van der Waals surface area contributed by atoms with Crippen molar-refractivity contribution in [1.29, 1.82) is 0 Å². The summed E-state index contributed by atoms with van der Waals surface area (Å²) in [5.41, 5.74) is 6.96. The number of hydrogen-bond donors (Lipinski definition) is 2. The zero-order valence-electron chi connectivity index (χ0n) is 32.9. The first-order valence-electron chi connectivity index (χ1n) is 18.9. The van der Waals surface area contributed by atoms with Gasteiger partial charge in [0, 0.05) is 49.9 Å². The summed E-state index contributed by atoms with van der Waals surface area (Å²) in [7, 11) is 2.09. The average molecular weight is 875 g/mol. The Balaban J connectivity index is 1.37. The van der Waals surface area contributed by atoms with Crippen LogP contribution in [0.2, 0.25) is 5.02 Å². The minimum Gasteiger partial charge on any atom is -0.491 e. The zero-order valence-corrected chi connectivity index (χ0v) is 34.5. The van der Waals surface area contributed by atoms with Gasteiger partial charge in [-0.3, -0.25) is 9.89 Å². The number of piperazine rings is 1. The van der Waals surface area contributed by atoms with Gasteiger partial charge in [-0.25, -0.2) is 14.8 Å². The average Bonchev–Trinajstić information content (AvgIpc) is 3.84. The van der Waals surface area contributed by atoms with E-state index in [0.717, 1.165) is 56.3 Å². The third kappa shape index (κ3) is 10.7. The number of aromatic nitrogens is 2. The highest BCUT2D eigenvalue weighted by molar-refractivity contribution is 7.22. The van der Waals surface area contributed by atoms with Gasteiger partial charge in [0.2, 0.25) is 12.0 Å². The molecule has 0 aliphatic carbocycles. The van der Waals surface area contributed by atoms with Crippen molar-refractivity contribution in [3.05, 3.63) is 89.3 Å². The normalized spacial score (nSPS) is 15.4. The van der Waals surface area contributed by atoms with E-state index in [4.69, 9.17) is 40.7 Å². The van der Waals surface area contributed by atoms with E-state index in [1.807, 2.05) is 0 Å². The topological polar surface area (TPSA) is 158 Å². The molecule has 6 rings (SSSR count). The number of halogens is 5. The van der Waals surface area contributed by atoms with Crippen LogP contribution in [0.25, 0.3) is 32.0 Å². The van der Waals surface area contributed by atoms with Crippen LogP contribution in [0.3, 0.4) is 0 Å². The number of fused-ring (bicyclic) bond motifs is 1. The highest BCUT2D eigenvalue weighted by atomic mass is 35.5. The van der Waals surface area contributed by atoms with Crippen molar-refractivity contribution in [2.24, 2.45) is 10.7 Å². The van der Waals surface area contributed by atoms with E-state index in [0.29, 0.717) is 49.2 Å². The number of nitrogens with two attached hydrogens (primary N) is 1. The van der Waals surface area contributed by atoms with Gasteiger partial charge in [-0.2, -0.15) is 17.6 Å². The number of benzene rings is 2. The van der Waals surface area contributed by atoms with Gasteiger partial charge in [-0.05, 0) is 62.5 Å². The number of thiophene rings is 1. The number of hydrogen-bond acceptors (Lipinski definition) is 14. The van der Waals surface area contributed by atoms with Crippen LogP contribution in [-0.4, -0.2) is 115 Å². The molecule has 13 nitrogen and oxygen atoms in total. The predicted molar refractivity (Wildman–Crippen MR) is 219 cm³/mol. The SMILES string of the molecule is CCOC(=O)C(Oc1ncnc2sc(-c3ccc(F)o3)c(-c3ccc(OCCN4CCN(C)CC4)c(Cl)c3C)c12)C(O)c1ccccc1OCC(C=CN)=NCC(F)(F)F. The first kappa shape index (κ1) is 44.3. The van der Waals surface area contributed by atoms with Gasteiger partial charge in [-0.1, -0.05) is 35.9 Å². The highest BCUT2D eigenvalue weighted by Crippen LogP contribution is 2.50. The van der Waals surface area contributed by atoms with Crippen LogP contribution in [0.1, 0.15) is 24.2 Å². The van der Waals surface area contributed by atoms with Crippen molar-refractivity contribution in [3.8, 4) is 39.1 Å². The van der Waals surface area contributed by atoms with Crippen LogP contribution >= 0.6 is 22.9 Å². The number of carbonyl (C=O) groups excluding carboxylic acids is 1. The van der Waals surface area contributed by atoms with E-state index >= 15 is 0 Å². The Morgan fingerprint density at radius 3 is 2.57 bits per heavy atom. The predicted octanol–water partition coefficient (Wildman–Crippen LogP) is 7.24. The summed E-state index contributed by atoms with van der Waals surface area (Å²) in [5.74, 6) is -0.454. The lowest BCUT2D eigenvalue weighted by Crippen LogP contribution is -2.45. The Morgan fingerprint density at radius 1 is 1.10 bits per heavy atom. The van der Waals surface area contributed by atoms with Crippen LogP contribution in [-0.2, 0) is 9.53 Å². The Kier molecular flexibility index (Phi) is 14.7. The number of aliphatic hydroxyl groups is 1. The number of ether oxygens (including phenoxy) is 4. The minimum atomic E-state index is -4.57. The fraction of sp³-hybridized carbons (Fsp3) is 0.366. The zero-order chi connectivity index (χ0) is 43.0. The smallest absolute Gasteiger partial charge is 0.407 e. The van der Waals surface area contributed by atoms with Crippen LogP contribution in [0.15, 0.2) is 76.5 Å². The molecule has 0 bridgehead atoms. The lowest BCUT2D eigenvalue weighted by molar-refractivity contribution is -0.157. The highest BCUT2D eigenvalue weighted by Gasteiger charge is 2.36. The third-order valence-corrected chi connectivity index (χ3v) is 11.1. The van der Waals surface area contributed by atoms with Crippen molar-refractivity contribution >= 4 is 44.8 Å². The van der Waals surface area contributed by atoms with Crippen LogP contribution in [0.4, 0.5) is 17.6 Å². The first-order chi connectivity index (χ1) is 28.8. The number of aliphatic imine (C=N–C) groups is 1. The lowest BCUT2D eigenvalue weighted by atomic mass is 9.97. The van der Waals surface area contributed by atoms with Gasteiger partial charge in [0.25, 0.3) is 6.01 Å². The molecule has 1 fully saturated rings. The molecule has 0 saturated carbocycles. The van der Waals surface area contributed by atoms with Gasteiger partial charge < -0.3 is 39.1 Å². The van der Waals surface area contributed by atoms with Crippen LogP contribution < -0.4 is 19.9 Å². The summed E-state index contributed by atoms with van der Waals surface area (Å²) in [4.78, 5) is 31.4. The Hall–Kier alpha value is -5.27. The molecular weight excluding hydrogens is 832 g/mol. The van der Waals surface area contributed by atoms with Crippen LogP contribution in [0, 0.1) is 12.9 Å². The van der Waals surface area contributed by atoms with Crippen LogP contribution in [0.5, 0.6) is 17.4 Å². The molecule has 4 heterocycles. The molecule has 1 aliphatic heterocycles. The number of furan rings is 1. The van der Waals surface area contributed by atoms with E-state index in [1.165, 1.54) is 30.6 Å². The van der Waals surface area contributed by atoms with Gasteiger partial charge >= 0.3 is 12.1 Å². The number of esters is 1. The maximum atomic E-state index is 14.4. The van der Waals surface area contributed by atoms with Crippen molar-refractivity contribution in [1.82, 2.24) is 19.8 Å². The molecule has 1 aliphatic rings. The van der Waals surface area contributed by atoms with Crippen molar-refractivity contribution < 1.29 is 50.8 Å². The molecule has 19 heteroatoms. The second kappa shape index (κ2) is 19.9. The third-order valence-electron chi connectivity index (χ3n) is 9.54. The molecule has 0 amide bonds. The van der Waals surface area contributed by atoms with Crippen molar-refractivity contribution in [2.45, 2.75) is 32.2 Å². The monoisotopic (exact) mass is 874 g/mol. The standard InChI is InChI=1S/C41H43ClF4N6O7S/c1-4-55-40(54)36(35(53)27-7-5-6-8-28(27)57-21-25(13-14-47)48-22-41(44,45)46)59-38-33-32(37(30-11-12-31(43)58-30)60-39(33)50-23-49-38)26-9-10-29(34(42)24(26)2)56-20-19-52-17-15-51(3)16-18-52/h5-14,23,35-36,53H,4,15-22,47H2,1-3H3. The summed E-state index contributed by atoms with van der Waals surface area (Å²) in [6.07, 6.45) is -4.72. The number of alkyl halides is 3. The van der Waals surface area contributed by atoms with E-state index in [2.05, 4.69) is 31.8 Å². The number of para-hydroxylation sites is 1. The molecule has 60 heavy (non-hydrogen) atoms. The van der Waals surface area contributed by atoms with E-state index in [-0.39, 0.29) is 35.3 Å². The number of nitrogens with zero attached hydrogens (tertiary/aromatic N) is 5. The molecule has 3 N–H and O–H groups in total. The summed E-state index contributed by atoms with van der Waals surface area (Å²) in [5, 5.41) is 12.5. The largest absolute Gasteiger partial charge is 0.491 e. The Bertz CT molecular complexity index is 2330. The van der Waals surface area contributed by atoms with E-state index in [1.54, 1.807) is 38.1 Å².